The number of nitrogens with one attached hydrogen (secondary N) is 2. The van der Waals surface area contributed by atoms with Gasteiger partial charge in [-0.1, -0.05) is 36.3 Å². The largest absolute Gasteiger partial charge is 0.508 e. The van der Waals surface area contributed by atoms with Crippen molar-refractivity contribution in [2.45, 2.75) is 44.9 Å². The number of hydrogen-bond donors (Lipinski definition) is 3. The molecule has 214 valence electrons. The summed E-state index contributed by atoms with van der Waals surface area (Å²) in [5.74, 6) is 2.22. The molecule has 0 aliphatic carbocycles. The van der Waals surface area contributed by atoms with Crippen molar-refractivity contribution in [1.82, 2.24) is 10.2 Å². The fourth-order valence-electron chi connectivity index (χ4n) is 4.17. The molecule has 2 unspecified atom stereocenters. The zero-order valence-corrected chi connectivity index (χ0v) is 23.8. The van der Waals surface area contributed by atoms with Crippen LogP contribution in [0.5, 0.6) is 11.5 Å². The van der Waals surface area contributed by atoms with Gasteiger partial charge in [-0.25, -0.2) is 4.79 Å². The Bertz CT molecular complexity index is 1410. The van der Waals surface area contributed by atoms with Gasteiger partial charge >= 0.3 is 6.09 Å². The zero-order valence-electron chi connectivity index (χ0n) is 23.8. The molecule has 3 rings (SSSR count). The number of phenols is 1. The lowest BCUT2D eigenvalue weighted by Crippen LogP contribution is -2.52. The summed E-state index contributed by atoms with van der Waals surface area (Å²) in [5.41, 5.74) is 1.25. The van der Waals surface area contributed by atoms with E-state index in [-0.39, 0.29) is 12.2 Å². The van der Waals surface area contributed by atoms with Crippen LogP contribution < -0.4 is 15.4 Å². The molecule has 0 heterocycles. The van der Waals surface area contributed by atoms with Gasteiger partial charge < -0.3 is 30.1 Å². The van der Waals surface area contributed by atoms with Crippen molar-refractivity contribution in [2.75, 3.05) is 19.5 Å². The van der Waals surface area contributed by atoms with E-state index in [1.165, 1.54) is 24.1 Å². The van der Waals surface area contributed by atoms with E-state index in [1.54, 1.807) is 88.5 Å². The van der Waals surface area contributed by atoms with Crippen LogP contribution in [0.3, 0.4) is 0 Å². The van der Waals surface area contributed by atoms with Crippen molar-refractivity contribution in [3.63, 3.8) is 0 Å². The van der Waals surface area contributed by atoms with Gasteiger partial charge in [-0.15, -0.1) is 6.42 Å². The van der Waals surface area contributed by atoms with Gasteiger partial charge in [-0.05, 0) is 74.4 Å². The average Bonchev–Trinajstić information content (AvgIpc) is 2.93. The molecule has 3 aromatic rings. The highest BCUT2D eigenvalue weighted by atomic mass is 16.6. The SMILES string of the molecule is C#Cc1ccccc1C(C(=O)Nc1ccc(OC)cc1)N(C)C(=O)C(Cc1ccc(O)cc1)NC(=O)OC(C)(C)C. The molecule has 0 saturated heterocycles. The molecule has 9 nitrogen and oxygen atoms in total. The topological polar surface area (TPSA) is 117 Å². The van der Waals surface area contributed by atoms with Crippen molar-refractivity contribution in [3.05, 3.63) is 89.5 Å². The molecule has 0 bridgehead atoms. The van der Waals surface area contributed by atoms with E-state index in [0.29, 0.717) is 28.1 Å². The van der Waals surface area contributed by atoms with Gasteiger partial charge in [0, 0.05) is 24.7 Å². The maximum absolute atomic E-state index is 14.0. The van der Waals surface area contributed by atoms with Crippen molar-refractivity contribution in [3.8, 4) is 23.8 Å². The molecular formula is C32H35N3O6. The summed E-state index contributed by atoms with van der Waals surface area (Å²) in [7, 11) is 3.02. The van der Waals surface area contributed by atoms with Gasteiger partial charge in [-0.3, -0.25) is 9.59 Å². The summed E-state index contributed by atoms with van der Waals surface area (Å²) >= 11 is 0. The van der Waals surface area contributed by atoms with E-state index in [4.69, 9.17) is 15.9 Å². The molecule has 9 heteroatoms. The van der Waals surface area contributed by atoms with Gasteiger partial charge in [-0.2, -0.15) is 0 Å². The van der Waals surface area contributed by atoms with E-state index in [0.717, 1.165) is 0 Å². The number of ether oxygens (including phenoxy) is 2. The first-order valence-electron chi connectivity index (χ1n) is 13.0. The molecular weight excluding hydrogens is 522 g/mol. The number of benzene rings is 3. The number of phenolic OH excluding ortho intramolecular Hbond substituents is 1. The smallest absolute Gasteiger partial charge is 0.408 e. The van der Waals surface area contributed by atoms with Crippen molar-refractivity contribution < 1.29 is 29.0 Å². The van der Waals surface area contributed by atoms with Crippen LogP contribution in [0.2, 0.25) is 0 Å². The molecule has 0 aliphatic heterocycles. The van der Waals surface area contributed by atoms with Gasteiger partial charge in [0.15, 0.2) is 0 Å². The quantitative estimate of drug-likeness (QED) is 0.330. The van der Waals surface area contributed by atoms with Crippen LogP contribution in [0.15, 0.2) is 72.8 Å². The summed E-state index contributed by atoms with van der Waals surface area (Å²) in [6.07, 6.45) is 5.05. The van der Waals surface area contributed by atoms with Crippen molar-refractivity contribution >= 4 is 23.6 Å². The molecule has 41 heavy (non-hydrogen) atoms. The van der Waals surface area contributed by atoms with E-state index in [2.05, 4.69) is 16.6 Å². The third-order valence-electron chi connectivity index (χ3n) is 6.12. The van der Waals surface area contributed by atoms with Crippen molar-refractivity contribution in [2.24, 2.45) is 0 Å². The van der Waals surface area contributed by atoms with Crippen LogP contribution in [-0.2, 0) is 20.7 Å². The molecule has 0 aromatic heterocycles. The number of likely N-dealkylation sites (N-methyl/N-ethyl adjacent to an activating group) is 1. The first-order chi connectivity index (χ1) is 19.4. The van der Waals surface area contributed by atoms with Crippen LogP contribution >= 0.6 is 0 Å². The Morgan fingerprint density at radius 2 is 1.63 bits per heavy atom. The first-order valence-corrected chi connectivity index (χ1v) is 13.0. The van der Waals surface area contributed by atoms with Crippen LogP contribution in [-0.4, -0.2) is 53.7 Å². The van der Waals surface area contributed by atoms with Crippen LogP contribution in [0.4, 0.5) is 10.5 Å². The maximum Gasteiger partial charge on any atom is 0.408 e. The number of amides is 3. The highest BCUT2D eigenvalue weighted by Gasteiger charge is 2.35. The van der Waals surface area contributed by atoms with Crippen molar-refractivity contribution in [1.29, 1.82) is 0 Å². The lowest BCUT2D eigenvalue weighted by Gasteiger charge is -2.32. The monoisotopic (exact) mass is 557 g/mol. The predicted molar refractivity (Wildman–Crippen MR) is 156 cm³/mol. The number of anilines is 1. The van der Waals surface area contributed by atoms with E-state index in [9.17, 15) is 19.5 Å². The fourth-order valence-corrected chi connectivity index (χ4v) is 4.17. The van der Waals surface area contributed by atoms with E-state index in [1.807, 2.05) is 0 Å². The number of carbonyl (C=O) groups is 3. The lowest BCUT2D eigenvalue weighted by molar-refractivity contribution is -0.139. The first kappa shape index (κ1) is 30.6. The van der Waals surface area contributed by atoms with E-state index >= 15 is 0 Å². The molecule has 0 saturated carbocycles. The number of alkyl carbamates (subject to hydrolysis) is 1. The molecule has 0 fully saturated rings. The fraction of sp³-hybridized carbons (Fsp3) is 0.281. The lowest BCUT2D eigenvalue weighted by atomic mass is 9.97. The molecule has 0 aliphatic rings. The average molecular weight is 558 g/mol. The Morgan fingerprint density at radius 1 is 1.00 bits per heavy atom. The van der Waals surface area contributed by atoms with Crippen LogP contribution in [0.1, 0.15) is 43.5 Å². The number of aromatic hydroxyl groups is 1. The minimum atomic E-state index is -1.14. The van der Waals surface area contributed by atoms with Crippen LogP contribution in [0, 0.1) is 12.3 Å². The Balaban J connectivity index is 1.99. The number of methoxy groups -OCH3 is 1. The normalized spacial score (nSPS) is 12.3. The Kier molecular flexibility index (Phi) is 9.99. The second kappa shape index (κ2) is 13.4. The number of carbonyl (C=O) groups excluding carboxylic acids is 3. The molecule has 2 atom stereocenters. The number of terminal acetylenes is 1. The number of rotatable bonds is 9. The molecule has 3 N–H and O–H groups in total. The minimum absolute atomic E-state index is 0.0648. The summed E-state index contributed by atoms with van der Waals surface area (Å²) in [4.78, 5) is 41.8. The second-order valence-electron chi connectivity index (χ2n) is 10.4. The minimum Gasteiger partial charge on any atom is -0.508 e. The Hall–Kier alpha value is -4.97. The summed E-state index contributed by atoms with van der Waals surface area (Å²) in [6.45, 7) is 5.14. The molecule has 0 radical (unpaired) electrons. The van der Waals surface area contributed by atoms with Gasteiger partial charge in [0.25, 0.3) is 5.91 Å². The third-order valence-corrected chi connectivity index (χ3v) is 6.12. The molecule has 3 aromatic carbocycles. The second-order valence-corrected chi connectivity index (χ2v) is 10.4. The van der Waals surface area contributed by atoms with Gasteiger partial charge in [0.05, 0.1) is 7.11 Å². The summed E-state index contributed by atoms with van der Waals surface area (Å²) < 4.78 is 10.6. The molecule has 0 spiro atoms. The number of hydrogen-bond acceptors (Lipinski definition) is 6. The number of nitrogens with zero attached hydrogens (tertiary/aromatic N) is 1. The standard InChI is InChI=1S/C32H35N3O6/c1-7-22-10-8-9-11-26(22)28(29(37)33-23-14-18-25(40-6)19-15-23)35(5)30(38)27(34-31(39)41-32(2,3)4)20-21-12-16-24(36)17-13-21/h1,8-19,27-28,36H,20H2,2-6H3,(H,33,37)(H,34,39). The maximum atomic E-state index is 14.0. The molecule has 3 amide bonds. The van der Waals surface area contributed by atoms with Crippen LogP contribution in [0.25, 0.3) is 0 Å². The highest BCUT2D eigenvalue weighted by molar-refractivity contribution is 5.99. The third kappa shape index (κ3) is 8.51. The zero-order chi connectivity index (χ0) is 30.2. The van der Waals surface area contributed by atoms with E-state index < -0.39 is 35.6 Å². The van der Waals surface area contributed by atoms with Gasteiger partial charge in [0.2, 0.25) is 5.91 Å². The Labute approximate surface area is 240 Å². The Morgan fingerprint density at radius 3 is 2.22 bits per heavy atom. The summed E-state index contributed by atoms with van der Waals surface area (Å²) in [6, 6.07) is 17.6. The highest BCUT2D eigenvalue weighted by Crippen LogP contribution is 2.27. The predicted octanol–water partition coefficient (Wildman–Crippen LogP) is 4.66. The van der Waals surface area contributed by atoms with Gasteiger partial charge in [0.1, 0.15) is 29.2 Å². The summed E-state index contributed by atoms with van der Waals surface area (Å²) in [5, 5.41) is 15.2.